The predicted molar refractivity (Wildman–Crippen MR) is 81.9 cm³/mol. The van der Waals surface area contributed by atoms with Gasteiger partial charge in [0.25, 0.3) is 0 Å². The van der Waals surface area contributed by atoms with Gasteiger partial charge in [-0.1, -0.05) is 6.07 Å². The van der Waals surface area contributed by atoms with Crippen LogP contribution in [0, 0.1) is 0 Å². The molecule has 0 amide bonds. The van der Waals surface area contributed by atoms with Gasteiger partial charge in [-0.25, -0.2) is 9.97 Å². The summed E-state index contributed by atoms with van der Waals surface area (Å²) < 4.78 is 2.27. The molecule has 106 valence electrons. The van der Waals surface area contributed by atoms with Crippen molar-refractivity contribution in [3.05, 3.63) is 42.7 Å². The standard InChI is InChI=1S/C16H17N5/c1-20-10-7-12(11-20)21-15-14(6-4-9-18-15)19-16(21)13-5-2-3-8-17-13/h2-6,8-9,12H,7,10-11H2,1H3. The third-order valence-corrected chi connectivity index (χ3v) is 4.07. The van der Waals surface area contributed by atoms with Crippen LogP contribution in [-0.4, -0.2) is 44.6 Å². The molecule has 1 fully saturated rings. The Morgan fingerprint density at radius 2 is 2.00 bits per heavy atom. The number of likely N-dealkylation sites (N-methyl/N-ethyl adjacent to an activating group) is 1. The molecule has 1 atom stereocenters. The highest BCUT2D eigenvalue weighted by molar-refractivity contribution is 5.76. The van der Waals surface area contributed by atoms with E-state index in [1.165, 1.54) is 0 Å². The molecule has 4 heterocycles. The minimum absolute atomic E-state index is 0.409. The summed E-state index contributed by atoms with van der Waals surface area (Å²) in [5, 5.41) is 0. The van der Waals surface area contributed by atoms with E-state index in [9.17, 15) is 0 Å². The summed E-state index contributed by atoms with van der Waals surface area (Å²) >= 11 is 0. The van der Waals surface area contributed by atoms with Gasteiger partial charge in [0.05, 0.1) is 6.04 Å². The third-order valence-electron chi connectivity index (χ3n) is 4.07. The van der Waals surface area contributed by atoms with Crippen LogP contribution in [0.3, 0.4) is 0 Å². The average Bonchev–Trinajstić information content (AvgIpc) is 3.11. The van der Waals surface area contributed by atoms with Gasteiger partial charge >= 0.3 is 0 Å². The molecule has 0 aromatic carbocycles. The van der Waals surface area contributed by atoms with Crippen molar-refractivity contribution >= 4 is 11.2 Å². The van der Waals surface area contributed by atoms with E-state index in [0.29, 0.717) is 6.04 Å². The van der Waals surface area contributed by atoms with Crippen LogP contribution in [0.5, 0.6) is 0 Å². The first kappa shape index (κ1) is 12.5. The molecule has 4 rings (SSSR count). The number of hydrogen-bond donors (Lipinski definition) is 0. The second-order valence-corrected chi connectivity index (χ2v) is 5.57. The minimum Gasteiger partial charge on any atom is -0.304 e. The van der Waals surface area contributed by atoms with E-state index in [-0.39, 0.29) is 0 Å². The Morgan fingerprint density at radius 3 is 2.76 bits per heavy atom. The summed E-state index contributed by atoms with van der Waals surface area (Å²) in [7, 11) is 2.16. The van der Waals surface area contributed by atoms with Crippen LogP contribution >= 0.6 is 0 Å². The summed E-state index contributed by atoms with van der Waals surface area (Å²) in [5.41, 5.74) is 2.80. The van der Waals surface area contributed by atoms with Crippen molar-refractivity contribution in [2.24, 2.45) is 0 Å². The molecule has 3 aromatic heterocycles. The summed E-state index contributed by atoms with van der Waals surface area (Å²) in [4.78, 5) is 16.1. The maximum atomic E-state index is 4.77. The van der Waals surface area contributed by atoms with Gasteiger partial charge in [0.2, 0.25) is 0 Å². The average molecular weight is 279 g/mol. The Bertz CT molecular complexity index is 765. The number of rotatable bonds is 2. The second-order valence-electron chi connectivity index (χ2n) is 5.57. The van der Waals surface area contributed by atoms with E-state index in [0.717, 1.165) is 42.2 Å². The van der Waals surface area contributed by atoms with Crippen molar-refractivity contribution < 1.29 is 0 Å². The zero-order chi connectivity index (χ0) is 14.2. The number of aromatic nitrogens is 4. The van der Waals surface area contributed by atoms with Crippen LogP contribution in [-0.2, 0) is 0 Å². The van der Waals surface area contributed by atoms with Crippen molar-refractivity contribution in [3.63, 3.8) is 0 Å². The molecule has 0 aliphatic carbocycles. The summed E-state index contributed by atoms with van der Waals surface area (Å²) in [5.74, 6) is 0.921. The Kier molecular flexibility index (Phi) is 2.93. The van der Waals surface area contributed by atoms with E-state index in [2.05, 4.69) is 26.5 Å². The molecule has 0 N–H and O–H groups in total. The summed E-state index contributed by atoms with van der Waals surface area (Å²) in [6.07, 6.45) is 4.77. The monoisotopic (exact) mass is 279 g/mol. The van der Waals surface area contributed by atoms with Crippen LogP contribution < -0.4 is 0 Å². The normalized spacial score (nSPS) is 19.4. The lowest BCUT2D eigenvalue weighted by Crippen LogP contribution is -2.17. The number of likely N-dealkylation sites (tertiary alicyclic amines) is 1. The molecule has 3 aromatic rings. The molecule has 0 bridgehead atoms. The molecule has 1 aliphatic rings. The van der Waals surface area contributed by atoms with Gasteiger partial charge in [-0.05, 0) is 44.3 Å². The van der Waals surface area contributed by atoms with Crippen molar-refractivity contribution in [3.8, 4) is 11.5 Å². The highest BCUT2D eigenvalue weighted by Gasteiger charge is 2.26. The van der Waals surface area contributed by atoms with Crippen LogP contribution in [0.25, 0.3) is 22.7 Å². The minimum atomic E-state index is 0.409. The zero-order valence-electron chi connectivity index (χ0n) is 12.0. The molecule has 1 saturated heterocycles. The summed E-state index contributed by atoms with van der Waals surface area (Å²) in [6, 6.07) is 10.3. The number of hydrogen-bond acceptors (Lipinski definition) is 4. The third kappa shape index (κ3) is 2.10. The lowest BCUT2D eigenvalue weighted by Gasteiger charge is -2.15. The van der Waals surface area contributed by atoms with E-state index < -0.39 is 0 Å². The molecular formula is C16H17N5. The Balaban J connectivity index is 1.93. The van der Waals surface area contributed by atoms with Gasteiger partial charge < -0.3 is 9.47 Å². The lowest BCUT2D eigenvalue weighted by atomic mass is 10.2. The van der Waals surface area contributed by atoms with Crippen LogP contribution in [0.15, 0.2) is 42.7 Å². The topological polar surface area (TPSA) is 46.8 Å². The van der Waals surface area contributed by atoms with E-state index >= 15 is 0 Å². The van der Waals surface area contributed by atoms with Gasteiger partial charge in [-0.3, -0.25) is 4.98 Å². The quantitative estimate of drug-likeness (QED) is 0.722. The molecule has 21 heavy (non-hydrogen) atoms. The molecular weight excluding hydrogens is 262 g/mol. The Morgan fingerprint density at radius 1 is 1.10 bits per heavy atom. The Labute approximate surface area is 123 Å². The van der Waals surface area contributed by atoms with Crippen LogP contribution in [0.4, 0.5) is 0 Å². The fourth-order valence-electron chi connectivity index (χ4n) is 3.07. The molecule has 1 aliphatic heterocycles. The fraction of sp³-hybridized carbons (Fsp3) is 0.312. The van der Waals surface area contributed by atoms with Crippen LogP contribution in [0.1, 0.15) is 12.5 Å². The van der Waals surface area contributed by atoms with E-state index in [1.54, 1.807) is 0 Å². The van der Waals surface area contributed by atoms with Crippen molar-refractivity contribution in [1.29, 1.82) is 0 Å². The maximum absolute atomic E-state index is 4.77. The van der Waals surface area contributed by atoms with Crippen molar-refractivity contribution in [2.75, 3.05) is 20.1 Å². The molecule has 1 unspecified atom stereocenters. The number of pyridine rings is 2. The largest absolute Gasteiger partial charge is 0.304 e. The maximum Gasteiger partial charge on any atom is 0.161 e. The van der Waals surface area contributed by atoms with Crippen molar-refractivity contribution in [2.45, 2.75) is 12.5 Å². The van der Waals surface area contributed by atoms with Gasteiger partial charge in [0.15, 0.2) is 11.5 Å². The van der Waals surface area contributed by atoms with Gasteiger partial charge in [-0.2, -0.15) is 0 Å². The SMILES string of the molecule is CN1CCC(n2c(-c3ccccn3)nc3cccnc32)C1. The molecule has 0 radical (unpaired) electrons. The lowest BCUT2D eigenvalue weighted by molar-refractivity contribution is 0.395. The zero-order valence-corrected chi connectivity index (χ0v) is 12.0. The Hall–Kier alpha value is -2.27. The highest BCUT2D eigenvalue weighted by atomic mass is 15.2. The van der Waals surface area contributed by atoms with Gasteiger partial charge in [0, 0.05) is 18.9 Å². The molecule has 5 heteroatoms. The number of nitrogens with zero attached hydrogens (tertiary/aromatic N) is 5. The number of imidazole rings is 1. The molecule has 0 spiro atoms. The molecule has 0 saturated carbocycles. The smallest absolute Gasteiger partial charge is 0.161 e. The van der Waals surface area contributed by atoms with Gasteiger partial charge in [-0.15, -0.1) is 0 Å². The first-order valence-electron chi connectivity index (χ1n) is 7.26. The highest BCUT2D eigenvalue weighted by Crippen LogP contribution is 2.30. The first-order chi connectivity index (χ1) is 10.3. The van der Waals surface area contributed by atoms with E-state index in [1.807, 2.05) is 42.7 Å². The van der Waals surface area contributed by atoms with E-state index in [4.69, 9.17) is 4.98 Å². The molecule has 5 nitrogen and oxygen atoms in total. The number of fused-ring (bicyclic) bond motifs is 1. The van der Waals surface area contributed by atoms with Gasteiger partial charge in [0.1, 0.15) is 11.2 Å². The predicted octanol–water partition coefficient (Wildman–Crippen LogP) is 2.37. The first-order valence-corrected chi connectivity index (χ1v) is 7.26. The second kappa shape index (κ2) is 4.93. The fourth-order valence-corrected chi connectivity index (χ4v) is 3.07. The van der Waals surface area contributed by atoms with Crippen molar-refractivity contribution in [1.82, 2.24) is 24.4 Å². The summed E-state index contributed by atoms with van der Waals surface area (Å²) in [6.45, 7) is 2.14. The van der Waals surface area contributed by atoms with Crippen LogP contribution in [0.2, 0.25) is 0 Å².